The Balaban J connectivity index is 1.44. The number of amides is 1. The van der Waals surface area contributed by atoms with Crippen molar-refractivity contribution in [3.8, 4) is 11.3 Å². The zero-order valence-corrected chi connectivity index (χ0v) is 16.4. The van der Waals surface area contributed by atoms with E-state index in [1.807, 2.05) is 12.1 Å². The van der Waals surface area contributed by atoms with Crippen molar-refractivity contribution < 1.29 is 18.4 Å². The summed E-state index contributed by atoms with van der Waals surface area (Å²) in [6.07, 6.45) is 2.59. The average Bonchev–Trinajstić information content (AvgIpc) is 3.34. The maximum Gasteiger partial charge on any atom is 0.255 e. The van der Waals surface area contributed by atoms with Crippen molar-refractivity contribution in [2.24, 2.45) is 5.41 Å². The van der Waals surface area contributed by atoms with Crippen molar-refractivity contribution in [3.05, 3.63) is 76.5 Å². The number of fused-ring (bicyclic) bond motifs is 2. The summed E-state index contributed by atoms with van der Waals surface area (Å²) in [4.78, 5) is 29.3. The van der Waals surface area contributed by atoms with Crippen LogP contribution in [0.15, 0.2) is 42.5 Å². The Hall–Kier alpha value is -3.61. The van der Waals surface area contributed by atoms with Gasteiger partial charge in [0.1, 0.15) is 11.6 Å². The lowest BCUT2D eigenvalue weighted by molar-refractivity contribution is 0.0918. The predicted molar refractivity (Wildman–Crippen MR) is 110 cm³/mol. The molecule has 1 fully saturated rings. The van der Waals surface area contributed by atoms with E-state index in [0.717, 1.165) is 30.4 Å². The van der Waals surface area contributed by atoms with E-state index in [2.05, 4.69) is 15.6 Å². The second-order valence-electron chi connectivity index (χ2n) is 8.44. The smallest absolute Gasteiger partial charge is 0.255 e. The van der Waals surface area contributed by atoms with E-state index in [9.17, 15) is 18.4 Å². The summed E-state index contributed by atoms with van der Waals surface area (Å²) in [6.45, 7) is 0.188. The molecule has 31 heavy (non-hydrogen) atoms. The predicted octanol–water partition coefficient (Wildman–Crippen LogP) is 4.53. The van der Waals surface area contributed by atoms with Gasteiger partial charge in [0.2, 0.25) is 0 Å². The molecule has 7 heteroatoms. The molecule has 0 unspecified atom stereocenters. The number of rotatable bonds is 3. The Bertz CT molecular complexity index is 1290. The van der Waals surface area contributed by atoms with E-state index in [4.69, 9.17) is 0 Å². The van der Waals surface area contributed by atoms with Crippen LogP contribution in [0.2, 0.25) is 0 Å². The fourth-order valence-electron chi connectivity index (χ4n) is 4.68. The number of Topliss-reactive ketones (excluding diaryl/α,β-unsaturated/α-hetero) is 1. The number of aromatic nitrogens is 1. The third-order valence-electron chi connectivity index (χ3n) is 6.45. The molecule has 2 aromatic carbocycles. The van der Waals surface area contributed by atoms with E-state index >= 15 is 0 Å². The first-order valence-corrected chi connectivity index (χ1v) is 10.2. The number of pyridine rings is 1. The minimum atomic E-state index is -0.721. The molecule has 1 aliphatic heterocycles. The first kappa shape index (κ1) is 18.2. The van der Waals surface area contributed by atoms with Gasteiger partial charge in [-0.15, -0.1) is 0 Å². The van der Waals surface area contributed by atoms with E-state index in [0.29, 0.717) is 22.6 Å². The molecule has 2 N–H and O–H groups in total. The van der Waals surface area contributed by atoms with Gasteiger partial charge in [-0.2, -0.15) is 0 Å². The molecule has 1 amide bonds. The topological polar surface area (TPSA) is 71.1 Å². The number of nitrogens with one attached hydrogen (secondary N) is 2. The standard InChI is InChI=1S/C24H17F2N3O2/c25-15-2-1-3-16(26)20(15)17-9-18(21-19(29-17)11-27-23(21)31)28-13-4-5-14-12(8-13)10-24(6-7-24)22(14)30/h1-5,8-9H,6-7,10-11H2,(H,27,31)(H,28,29). The second-order valence-corrected chi connectivity index (χ2v) is 8.44. The Labute approximate surface area is 176 Å². The van der Waals surface area contributed by atoms with Gasteiger partial charge < -0.3 is 10.6 Å². The fourth-order valence-corrected chi connectivity index (χ4v) is 4.68. The van der Waals surface area contributed by atoms with Crippen LogP contribution < -0.4 is 10.6 Å². The number of benzene rings is 2. The minimum absolute atomic E-state index is 0.113. The summed E-state index contributed by atoms with van der Waals surface area (Å²) in [7, 11) is 0. The van der Waals surface area contributed by atoms with E-state index in [1.54, 1.807) is 6.07 Å². The van der Waals surface area contributed by atoms with Gasteiger partial charge in [-0.05, 0) is 61.2 Å². The maximum absolute atomic E-state index is 14.4. The zero-order valence-electron chi connectivity index (χ0n) is 16.4. The number of hydrogen-bond acceptors (Lipinski definition) is 4. The van der Waals surface area contributed by atoms with Crippen LogP contribution in [-0.2, 0) is 13.0 Å². The Kier molecular flexibility index (Phi) is 3.64. The van der Waals surface area contributed by atoms with Crippen LogP contribution >= 0.6 is 0 Å². The number of halogens is 2. The highest BCUT2D eigenvalue weighted by Gasteiger charge is 2.54. The SMILES string of the molecule is O=C1NCc2nc(-c3c(F)cccc3F)cc(Nc3ccc4c(c3)CC3(CC3)C4=O)c21. The van der Waals surface area contributed by atoms with Crippen molar-refractivity contribution in [3.63, 3.8) is 0 Å². The van der Waals surface area contributed by atoms with Crippen molar-refractivity contribution in [1.29, 1.82) is 0 Å². The van der Waals surface area contributed by atoms with Gasteiger partial charge in [0.15, 0.2) is 5.78 Å². The third kappa shape index (κ3) is 2.69. The minimum Gasteiger partial charge on any atom is -0.355 e. The highest BCUT2D eigenvalue weighted by Crippen LogP contribution is 2.55. The molecule has 0 bridgehead atoms. The number of carbonyl (C=O) groups excluding carboxylic acids is 2. The Morgan fingerprint density at radius 1 is 1.00 bits per heavy atom. The molecule has 6 rings (SSSR count). The quantitative estimate of drug-likeness (QED) is 0.657. The monoisotopic (exact) mass is 417 g/mol. The van der Waals surface area contributed by atoms with Crippen molar-refractivity contribution in [1.82, 2.24) is 10.3 Å². The number of hydrogen-bond donors (Lipinski definition) is 2. The van der Waals surface area contributed by atoms with Gasteiger partial charge in [0, 0.05) is 16.7 Å². The summed E-state index contributed by atoms with van der Waals surface area (Å²) >= 11 is 0. The third-order valence-corrected chi connectivity index (χ3v) is 6.45. The van der Waals surface area contributed by atoms with Crippen LogP contribution in [0.5, 0.6) is 0 Å². The summed E-state index contributed by atoms with van der Waals surface area (Å²) in [5, 5.41) is 5.93. The number of nitrogens with zero attached hydrogens (tertiary/aromatic N) is 1. The molecule has 2 aliphatic carbocycles. The Morgan fingerprint density at radius 2 is 1.77 bits per heavy atom. The van der Waals surface area contributed by atoms with Gasteiger partial charge in [-0.3, -0.25) is 9.59 Å². The molecular weight excluding hydrogens is 400 g/mol. The van der Waals surface area contributed by atoms with Crippen molar-refractivity contribution in [2.45, 2.75) is 25.8 Å². The van der Waals surface area contributed by atoms with E-state index < -0.39 is 11.6 Å². The van der Waals surface area contributed by atoms with Gasteiger partial charge >= 0.3 is 0 Å². The fraction of sp³-hybridized carbons (Fsp3) is 0.208. The molecule has 3 aliphatic rings. The molecule has 1 aromatic heterocycles. The number of ketones is 1. The first-order valence-electron chi connectivity index (χ1n) is 10.2. The highest BCUT2D eigenvalue weighted by atomic mass is 19.1. The largest absolute Gasteiger partial charge is 0.355 e. The Morgan fingerprint density at radius 3 is 2.52 bits per heavy atom. The normalized spacial score (nSPS) is 17.5. The maximum atomic E-state index is 14.4. The van der Waals surface area contributed by atoms with Gasteiger partial charge in [0.05, 0.1) is 34.7 Å². The van der Waals surface area contributed by atoms with E-state index in [1.165, 1.54) is 24.3 Å². The average molecular weight is 417 g/mol. The lowest BCUT2D eigenvalue weighted by Gasteiger charge is -2.14. The van der Waals surface area contributed by atoms with Crippen molar-refractivity contribution in [2.75, 3.05) is 5.32 Å². The first-order chi connectivity index (χ1) is 14.9. The lowest BCUT2D eigenvalue weighted by Crippen LogP contribution is -2.13. The molecule has 1 spiro atoms. The molecule has 3 aromatic rings. The van der Waals surface area contributed by atoms with Gasteiger partial charge in [-0.25, -0.2) is 13.8 Å². The molecule has 154 valence electrons. The van der Waals surface area contributed by atoms with Gasteiger partial charge in [-0.1, -0.05) is 6.07 Å². The van der Waals surface area contributed by atoms with Gasteiger partial charge in [0.25, 0.3) is 5.91 Å². The summed E-state index contributed by atoms with van der Waals surface area (Å²) < 4.78 is 28.7. The van der Waals surface area contributed by atoms with Crippen LogP contribution in [0.3, 0.4) is 0 Å². The van der Waals surface area contributed by atoms with E-state index in [-0.39, 0.29) is 34.9 Å². The molecular formula is C24H17F2N3O2. The number of anilines is 2. The zero-order chi connectivity index (χ0) is 21.3. The molecule has 1 saturated carbocycles. The lowest BCUT2D eigenvalue weighted by atomic mass is 10.0. The molecule has 0 atom stereocenters. The molecule has 0 radical (unpaired) electrons. The number of carbonyl (C=O) groups is 2. The summed E-state index contributed by atoms with van der Waals surface area (Å²) in [5.74, 6) is -1.52. The molecule has 0 saturated heterocycles. The van der Waals surface area contributed by atoms with Crippen molar-refractivity contribution >= 4 is 23.1 Å². The molecule has 2 heterocycles. The van der Waals surface area contributed by atoms with Crippen LogP contribution in [0.25, 0.3) is 11.3 Å². The molecule has 5 nitrogen and oxygen atoms in total. The van der Waals surface area contributed by atoms with Crippen LogP contribution in [-0.4, -0.2) is 16.7 Å². The van der Waals surface area contributed by atoms with Crippen LogP contribution in [0.1, 0.15) is 44.8 Å². The summed E-state index contributed by atoms with van der Waals surface area (Å²) in [5.41, 5.74) is 3.34. The van der Waals surface area contributed by atoms with Crippen LogP contribution in [0.4, 0.5) is 20.2 Å². The highest BCUT2D eigenvalue weighted by molar-refractivity contribution is 6.07. The van der Waals surface area contributed by atoms with Crippen LogP contribution in [0, 0.1) is 17.0 Å². The second kappa shape index (κ2) is 6.20. The summed E-state index contributed by atoms with van der Waals surface area (Å²) in [6, 6.07) is 10.7.